The minimum Gasteiger partial charge on any atom is -0.306 e. The lowest BCUT2D eigenvalue weighted by Crippen LogP contribution is -2.23. The third kappa shape index (κ3) is 2.77. The maximum atomic E-state index is 14.0. The molecule has 0 bridgehead atoms. The number of thiophene rings is 1. The van der Waals surface area contributed by atoms with E-state index in [4.69, 9.17) is 11.6 Å². The van der Waals surface area contributed by atoms with Crippen LogP contribution in [0.1, 0.15) is 24.1 Å². The van der Waals surface area contributed by atoms with Crippen molar-refractivity contribution in [1.29, 1.82) is 0 Å². The van der Waals surface area contributed by atoms with Gasteiger partial charge in [-0.25, -0.2) is 4.39 Å². The van der Waals surface area contributed by atoms with Crippen molar-refractivity contribution < 1.29 is 4.39 Å². The van der Waals surface area contributed by atoms with E-state index in [1.807, 2.05) is 17.7 Å². The normalized spacial score (nSPS) is 12.7. The smallest absolute Gasteiger partial charge is 0.129 e. The standard InChI is InChI=1S/C13H12BrClFNS/c1-2-17-13(8-6-18-7-9(8)14)12-10(15)4-3-5-11(12)16/h3-7,13,17H,2H2,1H3. The molecule has 1 nitrogen and oxygen atoms in total. The van der Waals surface area contributed by atoms with E-state index in [0.717, 1.165) is 16.6 Å². The van der Waals surface area contributed by atoms with Crippen LogP contribution in [0.4, 0.5) is 4.39 Å². The molecule has 1 unspecified atom stereocenters. The van der Waals surface area contributed by atoms with Crippen molar-refractivity contribution in [2.75, 3.05) is 6.54 Å². The van der Waals surface area contributed by atoms with E-state index in [1.165, 1.54) is 6.07 Å². The molecule has 18 heavy (non-hydrogen) atoms. The summed E-state index contributed by atoms with van der Waals surface area (Å²) in [5, 5.41) is 7.70. The molecule has 1 heterocycles. The Kier molecular flexibility index (Phi) is 4.78. The van der Waals surface area contributed by atoms with Crippen LogP contribution in [0, 0.1) is 5.82 Å². The lowest BCUT2D eigenvalue weighted by Gasteiger charge is -2.20. The highest BCUT2D eigenvalue weighted by Crippen LogP contribution is 2.35. The molecule has 5 heteroatoms. The number of nitrogens with one attached hydrogen (secondary N) is 1. The molecule has 1 N–H and O–H groups in total. The molecular formula is C13H12BrClFNS. The minimum absolute atomic E-state index is 0.232. The molecule has 0 spiro atoms. The van der Waals surface area contributed by atoms with Crippen LogP contribution in [0.5, 0.6) is 0 Å². The molecule has 0 saturated carbocycles. The summed E-state index contributed by atoms with van der Waals surface area (Å²) in [4.78, 5) is 0. The Morgan fingerprint density at radius 2 is 2.22 bits per heavy atom. The average Bonchev–Trinajstić information content (AvgIpc) is 2.74. The second-order valence-electron chi connectivity index (χ2n) is 3.80. The first-order chi connectivity index (χ1) is 8.65. The van der Waals surface area contributed by atoms with E-state index >= 15 is 0 Å². The van der Waals surface area contributed by atoms with Gasteiger partial charge in [-0.1, -0.05) is 24.6 Å². The predicted octanol–water partition coefficient (Wildman–Crippen LogP) is 5.00. The van der Waals surface area contributed by atoms with Gasteiger partial charge in [-0.15, -0.1) is 0 Å². The lowest BCUT2D eigenvalue weighted by molar-refractivity contribution is 0.559. The molecule has 1 aromatic carbocycles. The van der Waals surface area contributed by atoms with E-state index in [0.29, 0.717) is 10.6 Å². The van der Waals surface area contributed by atoms with Crippen molar-refractivity contribution in [3.63, 3.8) is 0 Å². The van der Waals surface area contributed by atoms with Gasteiger partial charge in [0.15, 0.2) is 0 Å². The zero-order chi connectivity index (χ0) is 13.1. The molecule has 2 aromatic rings. The number of benzene rings is 1. The summed E-state index contributed by atoms with van der Waals surface area (Å²) in [6, 6.07) is 4.54. The fourth-order valence-corrected chi connectivity index (χ4v) is 3.68. The SMILES string of the molecule is CCNC(c1cscc1Br)c1c(F)cccc1Cl. The van der Waals surface area contributed by atoms with Crippen molar-refractivity contribution in [2.24, 2.45) is 0 Å². The van der Waals surface area contributed by atoms with Gasteiger partial charge in [-0.05, 0) is 45.6 Å². The fraction of sp³-hybridized carbons (Fsp3) is 0.231. The Hall–Kier alpha value is -0.420. The molecule has 0 saturated heterocycles. The second-order valence-corrected chi connectivity index (χ2v) is 5.81. The van der Waals surface area contributed by atoms with Crippen LogP contribution >= 0.6 is 38.9 Å². The summed E-state index contributed by atoms with van der Waals surface area (Å²) in [5.74, 6) is -0.286. The quantitative estimate of drug-likeness (QED) is 0.819. The fourth-order valence-electron chi connectivity index (χ4n) is 1.86. The van der Waals surface area contributed by atoms with E-state index in [1.54, 1.807) is 23.5 Å². The van der Waals surface area contributed by atoms with Crippen LogP contribution in [0.3, 0.4) is 0 Å². The molecule has 96 valence electrons. The van der Waals surface area contributed by atoms with E-state index in [9.17, 15) is 4.39 Å². The largest absolute Gasteiger partial charge is 0.306 e. The summed E-state index contributed by atoms with van der Waals surface area (Å²) in [7, 11) is 0. The van der Waals surface area contributed by atoms with Crippen molar-refractivity contribution in [3.05, 3.63) is 55.4 Å². The average molecular weight is 349 g/mol. The van der Waals surface area contributed by atoms with E-state index < -0.39 is 0 Å². The molecule has 0 aliphatic carbocycles. The van der Waals surface area contributed by atoms with Crippen LogP contribution in [-0.4, -0.2) is 6.54 Å². The number of rotatable bonds is 4. The number of hydrogen-bond acceptors (Lipinski definition) is 2. The minimum atomic E-state index is -0.286. The van der Waals surface area contributed by atoms with Gasteiger partial charge in [-0.3, -0.25) is 0 Å². The van der Waals surface area contributed by atoms with Gasteiger partial charge >= 0.3 is 0 Å². The van der Waals surface area contributed by atoms with Crippen molar-refractivity contribution in [2.45, 2.75) is 13.0 Å². The molecule has 0 radical (unpaired) electrons. The van der Waals surface area contributed by atoms with E-state index in [2.05, 4.69) is 21.2 Å². The van der Waals surface area contributed by atoms with Crippen LogP contribution < -0.4 is 5.32 Å². The maximum Gasteiger partial charge on any atom is 0.129 e. The molecule has 1 aromatic heterocycles. The summed E-state index contributed by atoms with van der Waals surface area (Å²) in [6.45, 7) is 2.72. The molecule has 2 rings (SSSR count). The van der Waals surface area contributed by atoms with Crippen molar-refractivity contribution in [1.82, 2.24) is 5.32 Å². The van der Waals surface area contributed by atoms with Gasteiger partial charge < -0.3 is 5.32 Å². The maximum absolute atomic E-state index is 14.0. The highest BCUT2D eigenvalue weighted by molar-refractivity contribution is 9.10. The van der Waals surface area contributed by atoms with Crippen LogP contribution in [-0.2, 0) is 0 Å². The molecule has 0 aliphatic rings. The highest BCUT2D eigenvalue weighted by atomic mass is 79.9. The van der Waals surface area contributed by atoms with Gasteiger partial charge in [0.1, 0.15) is 5.82 Å². The molecule has 0 aliphatic heterocycles. The Morgan fingerprint density at radius 1 is 1.44 bits per heavy atom. The summed E-state index contributed by atoms with van der Waals surface area (Å²) >= 11 is 11.2. The monoisotopic (exact) mass is 347 g/mol. The zero-order valence-corrected chi connectivity index (χ0v) is 12.9. The third-order valence-corrected chi connectivity index (χ3v) is 4.73. The predicted molar refractivity (Wildman–Crippen MR) is 78.9 cm³/mol. The van der Waals surface area contributed by atoms with Gasteiger partial charge in [0, 0.05) is 20.4 Å². The van der Waals surface area contributed by atoms with Gasteiger partial charge in [0.25, 0.3) is 0 Å². The third-order valence-electron chi connectivity index (χ3n) is 2.65. The zero-order valence-electron chi connectivity index (χ0n) is 9.71. The van der Waals surface area contributed by atoms with Gasteiger partial charge in [0.05, 0.1) is 6.04 Å². The Morgan fingerprint density at radius 3 is 2.78 bits per heavy atom. The molecule has 0 amide bonds. The Balaban J connectivity index is 2.52. The first-order valence-electron chi connectivity index (χ1n) is 5.54. The van der Waals surface area contributed by atoms with Crippen molar-refractivity contribution in [3.8, 4) is 0 Å². The lowest BCUT2D eigenvalue weighted by atomic mass is 10.0. The van der Waals surface area contributed by atoms with Crippen LogP contribution in [0.2, 0.25) is 5.02 Å². The first kappa shape index (κ1) is 14.0. The van der Waals surface area contributed by atoms with Gasteiger partial charge in [-0.2, -0.15) is 11.3 Å². The molecular weight excluding hydrogens is 337 g/mol. The first-order valence-corrected chi connectivity index (χ1v) is 7.65. The van der Waals surface area contributed by atoms with E-state index in [-0.39, 0.29) is 11.9 Å². The highest BCUT2D eigenvalue weighted by Gasteiger charge is 2.22. The van der Waals surface area contributed by atoms with Crippen molar-refractivity contribution >= 4 is 38.9 Å². The summed E-state index contributed by atoms with van der Waals surface area (Å²) in [6.07, 6.45) is 0. The molecule has 0 fully saturated rings. The summed E-state index contributed by atoms with van der Waals surface area (Å²) < 4.78 is 15.0. The van der Waals surface area contributed by atoms with Gasteiger partial charge in [0.2, 0.25) is 0 Å². The topological polar surface area (TPSA) is 12.0 Å². The summed E-state index contributed by atoms with van der Waals surface area (Å²) in [5.41, 5.74) is 1.51. The number of halogens is 3. The Bertz CT molecular complexity index is 523. The van der Waals surface area contributed by atoms with Crippen LogP contribution in [0.15, 0.2) is 33.4 Å². The molecule has 1 atom stereocenters. The second kappa shape index (κ2) is 6.15. The van der Waals surface area contributed by atoms with Crippen LogP contribution in [0.25, 0.3) is 0 Å². The Labute approximate surface area is 123 Å². The number of hydrogen-bond donors (Lipinski definition) is 1.